The molecule has 1 amide bonds. The van der Waals surface area contributed by atoms with E-state index in [9.17, 15) is 9.18 Å². The Kier molecular flexibility index (Phi) is 3.96. The molecule has 4 nitrogen and oxygen atoms in total. The minimum atomic E-state index is -0.900. The fraction of sp³-hybridized carbons (Fsp3) is 0.263. The predicted molar refractivity (Wildman–Crippen MR) is 96.4 cm³/mol. The van der Waals surface area contributed by atoms with Crippen molar-refractivity contribution in [3.05, 3.63) is 53.3 Å². The highest BCUT2D eigenvalue weighted by Gasteiger charge is 2.30. The van der Waals surface area contributed by atoms with Crippen LogP contribution in [0.15, 0.2) is 42.7 Å². The Morgan fingerprint density at radius 3 is 2.84 bits per heavy atom. The average molecular weight is 358 g/mol. The third-order valence-corrected chi connectivity index (χ3v) is 4.80. The van der Waals surface area contributed by atoms with Gasteiger partial charge in [0.25, 0.3) is 0 Å². The minimum Gasteiger partial charge on any atom is -0.335 e. The number of aryl methyl sites for hydroxylation is 1. The molecule has 0 bridgehead atoms. The zero-order chi connectivity index (χ0) is 17.6. The number of aromatic nitrogens is 2. The maximum Gasteiger partial charge on any atom is 0.242 e. The first-order valence-electron chi connectivity index (χ1n) is 8.14. The molecule has 0 radical (unpaired) electrons. The summed E-state index contributed by atoms with van der Waals surface area (Å²) in [7, 11) is 0. The van der Waals surface area contributed by atoms with Crippen molar-refractivity contribution in [2.24, 2.45) is 0 Å². The first-order chi connectivity index (χ1) is 12.0. The van der Waals surface area contributed by atoms with Gasteiger partial charge < -0.3 is 9.47 Å². The van der Waals surface area contributed by atoms with E-state index in [1.807, 2.05) is 31.2 Å². The lowest BCUT2D eigenvalue weighted by molar-refractivity contribution is -0.138. The average Bonchev–Trinajstić information content (AvgIpc) is 2.87. The van der Waals surface area contributed by atoms with Crippen molar-refractivity contribution < 1.29 is 9.18 Å². The van der Waals surface area contributed by atoms with E-state index in [1.165, 1.54) is 10.5 Å². The van der Waals surface area contributed by atoms with Crippen molar-refractivity contribution in [3.8, 4) is 11.1 Å². The summed E-state index contributed by atoms with van der Waals surface area (Å²) in [5, 5.41) is 0.505. The van der Waals surface area contributed by atoms with Gasteiger partial charge in [-0.3, -0.25) is 9.78 Å². The summed E-state index contributed by atoms with van der Waals surface area (Å²) in [4.78, 5) is 18.3. The monoisotopic (exact) mass is 357 g/mol. The maximum atomic E-state index is 13.0. The molecule has 128 valence electrons. The van der Waals surface area contributed by atoms with Gasteiger partial charge in [-0.05, 0) is 18.6 Å². The number of carbonyl (C=O) groups excluding carboxylic acids is 1. The van der Waals surface area contributed by atoms with Gasteiger partial charge in [0.15, 0.2) is 0 Å². The molecule has 2 aromatic heterocycles. The van der Waals surface area contributed by atoms with Crippen LogP contribution in [0.25, 0.3) is 22.2 Å². The number of hydrogen-bond acceptors (Lipinski definition) is 2. The van der Waals surface area contributed by atoms with Crippen molar-refractivity contribution in [2.45, 2.75) is 19.6 Å². The third-order valence-electron chi connectivity index (χ3n) is 4.52. The van der Waals surface area contributed by atoms with Crippen molar-refractivity contribution in [1.29, 1.82) is 0 Å². The largest absolute Gasteiger partial charge is 0.335 e. The molecular weight excluding hydrogens is 341 g/mol. The van der Waals surface area contributed by atoms with Gasteiger partial charge in [0.05, 0.1) is 23.6 Å². The van der Waals surface area contributed by atoms with Gasteiger partial charge in [-0.25, -0.2) is 4.39 Å². The quantitative estimate of drug-likeness (QED) is 0.714. The summed E-state index contributed by atoms with van der Waals surface area (Å²) < 4.78 is 14.8. The molecule has 1 aliphatic rings. The standard InChI is InChI=1S/C19H17ClFN3O/c1-12-3-2-4-13(5-12)14-6-17-19(22-7-14)16(20)10-23(17)11-18(25)24-8-15(21)9-24/h2-7,10,15H,8-9,11H2,1H3. The van der Waals surface area contributed by atoms with Crippen molar-refractivity contribution in [3.63, 3.8) is 0 Å². The number of hydrogen-bond donors (Lipinski definition) is 0. The van der Waals surface area contributed by atoms with Crippen LogP contribution in [0.5, 0.6) is 0 Å². The molecule has 1 fully saturated rings. The molecule has 0 aliphatic carbocycles. The summed E-state index contributed by atoms with van der Waals surface area (Å²) in [6.45, 7) is 2.53. The molecular formula is C19H17ClFN3O. The fourth-order valence-electron chi connectivity index (χ4n) is 3.11. The topological polar surface area (TPSA) is 38.1 Å². The number of alkyl halides is 1. The van der Waals surface area contributed by atoms with Crippen LogP contribution in [0.3, 0.4) is 0 Å². The van der Waals surface area contributed by atoms with Gasteiger partial charge in [0.1, 0.15) is 18.2 Å². The molecule has 0 spiro atoms. The number of likely N-dealkylation sites (tertiary alicyclic amines) is 1. The highest BCUT2D eigenvalue weighted by atomic mass is 35.5. The van der Waals surface area contributed by atoms with Gasteiger partial charge in [-0.2, -0.15) is 0 Å². The third kappa shape index (κ3) is 3.00. The number of amides is 1. The van der Waals surface area contributed by atoms with E-state index in [1.54, 1.807) is 17.0 Å². The smallest absolute Gasteiger partial charge is 0.242 e. The lowest BCUT2D eigenvalue weighted by atomic mass is 10.1. The minimum absolute atomic E-state index is 0.108. The molecule has 1 aromatic carbocycles. The normalized spacial score (nSPS) is 14.8. The van der Waals surface area contributed by atoms with Gasteiger partial charge in [-0.1, -0.05) is 41.4 Å². The zero-order valence-electron chi connectivity index (χ0n) is 13.7. The Bertz CT molecular complexity index is 962. The Morgan fingerprint density at radius 1 is 1.32 bits per heavy atom. The van der Waals surface area contributed by atoms with E-state index in [-0.39, 0.29) is 25.5 Å². The Labute approximate surface area is 149 Å². The van der Waals surface area contributed by atoms with Crippen LogP contribution < -0.4 is 0 Å². The molecule has 1 saturated heterocycles. The van der Waals surface area contributed by atoms with Gasteiger partial charge in [0, 0.05) is 18.0 Å². The summed E-state index contributed by atoms with van der Waals surface area (Å²) in [6, 6.07) is 10.1. The van der Waals surface area contributed by atoms with E-state index in [2.05, 4.69) is 11.1 Å². The van der Waals surface area contributed by atoms with Crippen molar-refractivity contribution >= 4 is 28.5 Å². The second-order valence-electron chi connectivity index (χ2n) is 6.46. The lowest BCUT2D eigenvalue weighted by Gasteiger charge is -2.34. The summed E-state index contributed by atoms with van der Waals surface area (Å²) in [5.41, 5.74) is 4.66. The molecule has 4 rings (SSSR count). The van der Waals surface area contributed by atoms with Crippen LogP contribution in [-0.2, 0) is 11.3 Å². The van der Waals surface area contributed by atoms with Crippen LogP contribution in [0, 0.1) is 6.92 Å². The van der Waals surface area contributed by atoms with Gasteiger partial charge in [0.2, 0.25) is 5.91 Å². The zero-order valence-corrected chi connectivity index (χ0v) is 14.5. The number of fused-ring (bicyclic) bond motifs is 1. The lowest BCUT2D eigenvalue weighted by Crippen LogP contribution is -2.52. The number of benzene rings is 1. The van der Waals surface area contributed by atoms with Crippen LogP contribution in [-0.4, -0.2) is 39.6 Å². The summed E-state index contributed by atoms with van der Waals surface area (Å²) in [5.74, 6) is -0.108. The molecule has 3 heterocycles. The number of nitrogens with zero attached hydrogens (tertiary/aromatic N) is 3. The maximum absolute atomic E-state index is 13.0. The Morgan fingerprint density at radius 2 is 2.12 bits per heavy atom. The number of halogens is 2. The van der Waals surface area contributed by atoms with Gasteiger partial charge >= 0.3 is 0 Å². The molecule has 1 aliphatic heterocycles. The summed E-state index contributed by atoms with van der Waals surface area (Å²) in [6.07, 6.45) is 2.60. The van der Waals surface area contributed by atoms with E-state index < -0.39 is 6.17 Å². The second kappa shape index (κ2) is 6.15. The van der Waals surface area contributed by atoms with Crippen molar-refractivity contribution in [2.75, 3.05) is 13.1 Å². The summed E-state index contributed by atoms with van der Waals surface area (Å²) >= 11 is 6.27. The Balaban J connectivity index is 1.70. The van der Waals surface area contributed by atoms with E-state index in [0.29, 0.717) is 10.5 Å². The number of carbonyl (C=O) groups is 1. The van der Waals surface area contributed by atoms with E-state index in [0.717, 1.165) is 16.6 Å². The number of rotatable bonds is 3. The second-order valence-corrected chi connectivity index (χ2v) is 6.87. The molecule has 0 unspecified atom stereocenters. The van der Waals surface area contributed by atoms with Crippen LogP contribution in [0.4, 0.5) is 4.39 Å². The van der Waals surface area contributed by atoms with Crippen LogP contribution in [0.2, 0.25) is 5.02 Å². The van der Waals surface area contributed by atoms with Crippen LogP contribution >= 0.6 is 11.6 Å². The van der Waals surface area contributed by atoms with E-state index >= 15 is 0 Å². The predicted octanol–water partition coefficient (Wildman–Crippen LogP) is 3.85. The van der Waals surface area contributed by atoms with E-state index in [4.69, 9.17) is 11.6 Å². The molecule has 6 heteroatoms. The first-order valence-corrected chi connectivity index (χ1v) is 8.52. The Hall–Kier alpha value is -2.40. The van der Waals surface area contributed by atoms with Crippen molar-refractivity contribution in [1.82, 2.24) is 14.5 Å². The first kappa shape index (κ1) is 16.1. The SMILES string of the molecule is Cc1cccc(-c2cnc3c(Cl)cn(CC(=O)N4CC(F)C4)c3c2)c1. The molecule has 3 aromatic rings. The molecule has 25 heavy (non-hydrogen) atoms. The van der Waals surface area contributed by atoms with Crippen LogP contribution in [0.1, 0.15) is 5.56 Å². The highest BCUT2D eigenvalue weighted by Crippen LogP contribution is 2.29. The van der Waals surface area contributed by atoms with Gasteiger partial charge in [-0.15, -0.1) is 0 Å². The molecule has 0 saturated carbocycles. The number of pyridine rings is 1. The fourth-order valence-corrected chi connectivity index (χ4v) is 3.37. The molecule has 0 N–H and O–H groups in total. The highest BCUT2D eigenvalue weighted by molar-refractivity contribution is 6.35. The molecule has 0 atom stereocenters.